The highest BCUT2D eigenvalue weighted by atomic mass is 32.2. The van der Waals surface area contributed by atoms with Gasteiger partial charge < -0.3 is 14.4 Å². The minimum Gasteiger partial charge on any atom is -0.494 e. The molecule has 5 nitrogen and oxygen atoms in total. The Morgan fingerprint density at radius 3 is 2.38 bits per heavy atom. The predicted octanol–water partition coefficient (Wildman–Crippen LogP) is 2.20. The van der Waals surface area contributed by atoms with Crippen LogP contribution in [0, 0.1) is 0 Å². The average molecular weight is 311 g/mol. The topological polar surface area (TPSA) is 55.8 Å². The summed E-state index contributed by atoms with van der Waals surface area (Å²) in [5.41, 5.74) is 0. The maximum absolute atomic E-state index is 11.9. The standard InChI is InChI=1S/C15H21NO4S/c1-4-19-12-6-8-13(9-7-12)21-11-14(17)16(3)10-15(18)20-5-2/h6-9H,4-5,10-11H2,1-3H3. The van der Waals surface area contributed by atoms with Gasteiger partial charge in [-0.25, -0.2) is 0 Å². The van der Waals surface area contributed by atoms with Gasteiger partial charge in [0.25, 0.3) is 0 Å². The van der Waals surface area contributed by atoms with Crippen LogP contribution in [0.25, 0.3) is 0 Å². The van der Waals surface area contributed by atoms with Gasteiger partial charge in [0.05, 0.1) is 19.0 Å². The van der Waals surface area contributed by atoms with Crippen molar-refractivity contribution < 1.29 is 19.1 Å². The van der Waals surface area contributed by atoms with E-state index in [9.17, 15) is 9.59 Å². The molecule has 21 heavy (non-hydrogen) atoms. The van der Waals surface area contributed by atoms with E-state index in [0.29, 0.717) is 13.2 Å². The van der Waals surface area contributed by atoms with E-state index in [2.05, 4.69) is 0 Å². The predicted molar refractivity (Wildman–Crippen MR) is 82.6 cm³/mol. The highest BCUT2D eigenvalue weighted by Gasteiger charge is 2.13. The van der Waals surface area contributed by atoms with Crippen molar-refractivity contribution >= 4 is 23.6 Å². The number of rotatable bonds is 8. The largest absolute Gasteiger partial charge is 0.494 e. The lowest BCUT2D eigenvalue weighted by molar-refractivity contribution is -0.147. The summed E-state index contributed by atoms with van der Waals surface area (Å²) in [6, 6.07) is 7.57. The van der Waals surface area contributed by atoms with Crippen molar-refractivity contribution in [2.45, 2.75) is 18.7 Å². The lowest BCUT2D eigenvalue weighted by Gasteiger charge is -2.15. The van der Waals surface area contributed by atoms with Crippen LogP contribution < -0.4 is 4.74 Å². The summed E-state index contributed by atoms with van der Waals surface area (Å²) in [4.78, 5) is 25.5. The third kappa shape index (κ3) is 6.53. The first-order chi connectivity index (χ1) is 10.1. The van der Waals surface area contributed by atoms with Crippen LogP contribution in [-0.2, 0) is 14.3 Å². The Labute approximate surface area is 129 Å². The Balaban J connectivity index is 2.39. The summed E-state index contributed by atoms with van der Waals surface area (Å²) in [6.45, 7) is 4.60. The minimum absolute atomic E-state index is 0.0174. The number of carbonyl (C=O) groups excluding carboxylic acids is 2. The molecule has 0 radical (unpaired) electrons. The summed E-state index contributed by atoms with van der Waals surface area (Å²) >= 11 is 1.43. The Morgan fingerprint density at radius 2 is 1.81 bits per heavy atom. The Hall–Kier alpha value is -1.69. The van der Waals surface area contributed by atoms with Crippen LogP contribution in [-0.4, -0.2) is 49.3 Å². The SMILES string of the molecule is CCOC(=O)CN(C)C(=O)CSc1ccc(OCC)cc1. The van der Waals surface area contributed by atoms with Crippen LogP contribution in [0.1, 0.15) is 13.8 Å². The molecular formula is C15H21NO4S. The van der Waals surface area contributed by atoms with Gasteiger partial charge in [0.15, 0.2) is 0 Å². The average Bonchev–Trinajstić information content (AvgIpc) is 2.46. The zero-order chi connectivity index (χ0) is 15.7. The lowest BCUT2D eigenvalue weighted by atomic mass is 10.3. The maximum Gasteiger partial charge on any atom is 0.325 e. The van der Waals surface area contributed by atoms with Crippen molar-refractivity contribution in [3.8, 4) is 5.75 Å². The number of amides is 1. The highest BCUT2D eigenvalue weighted by Crippen LogP contribution is 2.21. The molecule has 0 saturated carbocycles. The fraction of sp³-hybridized carbons (Fsp3) is 0.467. The number of esters is 1. The van der Waals surface area contributed by atoms with E-state index in [1.807, 2.05) is 31.2 Å². The Morgan fingerprint density at radius 1 is 1.14 bits per heavy atom. The molecule has 0 aliphatic rings. The molecule has 1 aromatic carbocycles. The summed E-state index contributed by atoms with van der Waals surface area (Å²) in [5.74, 6) is 0.595. The zero-order valence-corrected chi connectivity index (χ0v) is 13.4. The molecule has 0 aromatic heterocycles. The molecule has 116 valence electrons. The number of hydrogen-bond acceptors (Lipinski definition) is 5. The molecule has 0 atom stereocenters. The lowest BCUT2D eigenvalue weighted by Crippen LogP contribution is -2.34. The van der Waals surface area contributed by atoms with Crippen molar-refractivity contribution in [2.75, 3.05) is 32.6 Å². The van der Waals surface area contributed by atoms with Crippen molar-refractivity contribution in [2.24, 2.45) is 0 Å². The molecule has 0 bridgehead atoms. The van der Waals surface area contributed by atoms with Crippen LogP contribution in [0.5, 0.6) is 5.75 Å². The van der Waals surface area contributed by atoms with E-state index < -0.39 is 0 Å². The van der Waals surface area contributed by atoms with Gasteiger partial charge in [0.2, 0.25) is 5.91 Å². The smallest absolute Gasteiger partial charge is 0.325 e. The summed E-state index contributed by atoms with van der Waals surface area (Å²) < 4.78 is 10.2. The summed E-state index contributed by atoms with van der Waals surface area (Å²) in [5, 5.41) is 0. The van der Waals surface area contributed by atoms with Crippen molar-refractivity contribution in [1.82, 2.24) is 4.90 Å². The van der Waals surface area contributed by atoms with E-state index in [0.717, 1.165) is 10.6 Å². The van der Waals surface area contributed by atoms with Gasteiger partial charge in [-0.3, -0.25) is 9.59 Å². The molecule has 0 unspecified atom stereocenters. The van der Waals surface area contributed by atoms with Crippen LogP contribution in [0.2, 0.25) is 0 Å². The van der Waals surface area contributed by atoms with Gasteiger partial charge in [-0.05, 0) is 38.1 Å². The Kier molecular flexibility index (Phi) is 7.68. The second kappa shape index (κ2) is 9.28. The van der Waals surface area contributed by atoms with E-state index in [-0.39, 0.29) is 24.2 Å². The Bertz CT molecular complexity index is 461. The molecule has 6 heteroatoms. The molecule has 0 fully saturated rings. The van der Waals surface area contributed by atoms with Crippen molar-refractivity contribution in [3.05, 3.63) is 24.3 Å². The fourth-order valence-electron chi connectivity index (χ4n) is 1.54. The van der Waals surface area contributed by atoms with Crippen molar-refractivity contribution in [1.29, 1.82) is 0 Å². The molecule has 0 spiro atoms. The van der Waals surface area contributed by atoms with Gasteiger partial charge >= 0.3 is 5.97 Å². The van der Waals surface area contributed by atoms with Gasteiger partial charge in [-0.15, -0.1) is 11.8 Å². The summed E-state index contributed by atoms with van der Waals surface area (Å²) in [6.07, 6.45) is 0. The number of ether oxygens (including phenoxy) is 2. The normalized spacial score (nSPS) is 10.0. The number of carbonyl (C=O) groups is 2. The zero-order valence-electron chi connectivity index (χ0n) is 12.6. The number of nitrogens with zero attached hydrogens (tertiary/aromatic N) is 1. The molecule has 0 aliphatic heterocycles. The molecule has 0 N–H and O–H groups in total. The second-order valence-electron chi connectivity index (χ2n) is 4.25. The number of benzene rings is 1. The first kappa shape index (κ1) is 17.4. The maximum atomic E-state index is 11.9. The number of thioether (sulfide) groups is 1. The third-order valence-electron chi connectivity index (χ3n) is 2.59. The number of likely N-dealkylation sites (N-methyl/N-ethyl adjacent to an activating group) is 1. The summed E-state index contributed by atoms with van der Waals surface area (Å²) in [7, 11) is 1.60. The molecule has 0 heterocycles. The molecule has 1 rings (SSSR count). The highest BCUT2D eigenvalue weighted by molar-refractivity contribution is 8.00. The van der Waals surface area contributed by atoms with Gasteiger partial charge in [-0.1, -0.05) is 0 Å². The number of hydrogen-bond donors (Lipinski definition) is 0. The molecular weight excluding hydrogens is 290 g/mol. The van der Waals surface area contributed by atoms with Gasteiger partial charge in [-0.2, -0.15) is 0 Å². The van der Waals surface area contributed by atoms with E-state index in [1.54, 1.807) is 14.0 Å². The monoisotopic (exact) mass is 311 g/mol. The van der Waals surface area contributed by atoms with Crippen LogP contribution >= 0.6 is 11.8 Å². The first-order valence-corrected chi connectivity index (χ1v) is 7.80. The minimum atomic E-state index is -0.389. The quantitative estimate of drug-likeness (QED) is 0.544. The second-order valence-corrected chi connectivity index (χ2v) is 5.30. The van der Waals surface area contributed by atoms with Gasteiger partial charge in [0.1, 0.15) is 12.3 Å². The first-order valence-electron chi connectivity index (χ1n) is 6.82. The van der Waals surface area contributed by atoms with E-state index in [4.69, 9.17) is 9.47 Å². The van der Waals surface area contributed by atoms with Crippen molar-refractivity contribution in [3.63, 3.8) is 0 Å². The molecule has 0 aliphatic carbocycles. The van der Waals surface area contributed by atoms with E-state index >= 15 is 0 Å². The van der Waals surface area contributed by atoms with Gasteiger partial charge in [0, 0.05) is 11.9 Å². The molecule has 1 amide bonds. The van der Waals surface area contributed by atoms with Crippen LogP contribution in [0.4, 0.5) is 0 Å². The molecule has 1 aromatic rings. The van der Waals surface area contributed by atoms with Crippen LogP contribution in [0.15, 0.2) is 29.2 Å². The fourth-order valence-corrected chi connectivity index (χ4v) is 2.38. The third-order valence-corrected chi connectivity index (χ3v) is 3.59. The molecule has 0 saturated heterocycles. The van der Waals surface area contributed by atoms with E-state index in [1.165, 1.54) is 16.7 Å². The van der Waals surface area contributed by atoms with Crippen LogP contribution in [0.3, 0.4) is 0 Å².